The Balaban J connectivity index is 2.73. The van der Waals surface area contributed by atoms with E-state index >= 15 is 0 Å². The fourth-order valence-corrected chi connectivity index (χ4v) is 3.34. The van der Waals surface area contributed by atoms with Gasteiger partial charge in [-0.1, -0.05) is 32.4 Å². The molecule has 110 valence electrons. The van der Waals surface area contributed by atoms with Crippen molar-refractivity contribution in [2.45, 2.75) is 46.7 Å². The average molecular weight is 304 g/mol. The zero-order valence-electron chi connectivity index (χ0n) is 12.4. The van der Waals surface area contributed by atoms with Gasteiger partial charge in [0.2, 0.25) is 0 Å². The van der Waals surface area contributed by atoms with Crippen LogP contribution < -0.4 is 5.32 Å². The quantitative estimate of drug-likeness (QED) is 0.748. The molecule has 3 nitrogen and oxygen atoms in total. The lowest BCUT2D eigenvalue weighted by Crippen LogP contribution is -2.27. The molecule has 0 radical (unpaired) electrons. The highest BCUT2D eigenvalue weighted by molar-refractivity contribution is 7.99. The lowest BCUT2D eigenvalue weighted by molar-refractivity contribution is 0.514. The summed E-state index contributed by atoms with van der Waals surface area (Å²) in [6.07, 6.45) is 2.89. The molecule has 0 spiro atoms. The number of rotatable bonds is 9. The third kappa shape index (κ3) is 5.36. The fourth-order valence-electron chi connectivity index (χ4n) is 1.95. The summed E-state index contributed by atoms with van der Waals surface area (Å²) in [5, 5.41) is 8.72. The number of hydrogen-bond donors (Lipinski definition) is 1. The van der Waals surface area contributed by atoms with Crippen LogP contribution >= 0.6 is 23.4 Å². The van der Waals surface area contributed by atoms with Crippen molar-refractivity contribution in [2.75, 3.05) is 18.1 Å². The molecule has 1 unspecified atom stereocenters. The van der Waals surface area contributed by atoms with Gasteiger partial charge in [0.15, 0.2) is 0 Å². The van der Waals surface area contributed by atoms with Gasteiger partial charge in [-0.2, -0.15) is 16.9 Å². The van der Waals surface area contributed by atoms with Crippen molar-refractivity contribution in [1.82, 2.24) is 15.1 Å². The van der Waals surface area contributed by atoms with Crippen LogP contribution in [-0.2, 0) is 6.54 Å². The third-order valence-electron chi connectivity index (χ3n) is 2.84. The summed E-state index contributed by atoms with van der Waals surface area (Å²) in [4.78, 5) is 0. The van der Waals surface area contributed by atoms with Crippen molar-refractivity contribution in [2.24, 2.45) is 5.92 Å². The van der Waals surface area contributed by atoms with Gasteiger partial charge >= 0.3 is 0 Å². The number of aryl methyl sites for hydroxylation is 1. The van der Waals surface area contributed by atoms with E-state index in [1.54, 1.807) is 6.20 Å². The molecule has 0 aliphatic carbocycles. The Morgan fingerprint density at radius 3 is 2.68 bits per heavy atom. The van der Waals surface area contributed by atoms with E-state index < -0.39 is 0 Å². The van der Waals surface area contributed by atoms with E-state index in [-0.39, 0.29) is 0 Å². The van der Waals surface area contributed by atoms with Gasteiger partial charge in [-0.15, -0.1) is 0 Å². The van der Waals surface area contributed by atoms with E-state index in [0.29, 0.717) is 6.04 Å². The third-order valence-corrected chi connectivity index (χ3v) is 4.60. The lowest BCUT2D eigenvalue weighted by atomic mass is 10.2. The maximum atomic E-state index is 6.31. The molecule has 1 rings (SSSR count). The van der Waals surface area contributed by atoms with Gasteiger partial charge in [0, 0.05) is 12.3 Å². The molecule has 0 bridgehead atoms. The molecule has 1 heterocycles. The predicted octanol–water partition coefficient (Wildman–Crippen LogP) is 3.99. The fraction of sp³-hybridized carbons (Fsp3) is 0.786. The average Bonchev–Trinajstić information content (AvgIpc) is 2.74. The van der Waals surface area contributed by atoms with Crippen molar-refractivity contribution >= 4 is 23.4 Å². The lowest BCUT2D eigenvalue weighted by Gasteiger charge is -2.20. The number of aromatic nitrogens is 2. The Labute approximate surface area is 126 Å². The first-order valence-electron chi connectivity index (χ1n) is 7.12. The van der Waals surface area contributed by atoms with Crippen molar-refractivity contribution in [3.63, 3.8) is 0 Å². The topological polar surface area (TPSA) is 29.9 Å². The van der Waals surface area contributed by atoms with E-state index in [4.69, 9.17) is 11.6 Å². The van der Waals surface area contributed by atoms with Gasteiger partial charge in [0.1, 0.15) is 0 Å². The van der Waals surface area contributed by atoms with Gasteiger partial charge in [-0.3, -0.25) is 4.68 Å². The Hall–Kier alpha value is -0.190. The van der Waals surface area contributed by atoms with E-state index in [1.807, 2.05) is 16.4 Å². The molecule has 5 heteroatoms. The highest BCUT2D eigenvalue weighted by Crippen LogP contribution is 2.26. The number of thioether (sulfide) groups is 1. The summed E-state index contributed by atoms with van der Waals surface area (Å²) in [5.41, 5.74) is 1.13. The van der Waals surface area contributed by atoms with E-state index in [1.165, 1.54) is 5.75 Å². The maximum absolute atomic E-state index is 6.31. The molecular formula is C14H26ClN3S. The van der Waals surface area contributed by atoms with Gasteiger partial charge in [0.05, 0.1) is 23.0 Å². The van der Waals surface area contributed by atoms with Crippen LogP contribution in [0.3, 0.4) is 0 Å². The number of nitrogens with zero attached hydrogens (tertiary/aromatic N) is 2. The second-order valence-electron chi connectivity index (χ2n) is 5.13. The number of nitrogens with one attached hydrogen (secondary N) is 1. The van der Waals surface area contributed by atoms with Crippen LogP contribution in [0.15, 0.2) is 6.20 Å². The number of hydrogen-bond acceptors (Lipinski definition) is 3. The van der Waals surface area contributed by atoms with Crippen LogP contribution in [0.4, 0.5) is 0 Å². The van der Waals surface area contributed by atoms with Crippen molar-refractivity contribution in [3.05, 3.63) is 16.9 Å². The summed E-state index contributed by atoms with van der Waals surface area (Å²) in [5.74, 6) is 2.95. The summed E-state index contributed by atoms with van der Waals surface area (Å²) in [6, 6.07) is 0.290. The second-order valence-corrected chi connectivity index (χ2v) is 6.61. The molecule has 1 aromatic rings. The number of halogens is 1. The summed E-state index contributed by atoms with van der Waals surface area (Å²) in [7, 11) is 0. The first-order chi connectivity index (χ1) is 9.10. The smallest absolute Gasteiger partial charge is 0.0834 e. The van der Waals surface area contributed by atoms with E-state index in [2.05, 4.69) is 38.1 Å². The SMILES string of the molecule is CCCNC(CSCC(C)C)c1c(Cl)cnn1CC. The largest absolute Gasteiger partial charge is 0.308 e. The van der Waals surface area contributed by atoms with Gasteiger partial charge in [-0.25, -0.2) is 0 Å². The van der Waals surface area contributed by atoms with Crippen molar-refractivity contribution < 1.29 is 0 Å². The molecule has 1 aromatic heterocycles. The van der Waals surface area contributed by atoms with Crippen LogP contribution in [0.25, 0.3) is 0 Å². The highest BCUT2D eigenvalue weighted by Gasteiger charge is 2.19. The molecule has 0 amide bonds. The molecule has 0 aliphatic rings. The Morgan fingerprint density at radius 1 is 1.37 bits per heavy atom. The van der Waals surface area contributed by atoms with Gasteiger partial charge < -0.3 is 5.32 Å². The van der Waals surface area contributed by atoms with E-state index in [0.717, 1.165) is 41.9 Å². The molecule has 1 atom stereocenters. The van der Waals surface area contributed by atoms with E-state index in [9.17, 15) is 0 Å². The minimum Gasteiger partial charge on any atom is -0.308 e. The highest BCUT2D eigenvalue weighted by atomic mass is 35.5. The van der Waals surface area contributed by atoms with Gasteiger partial charge in [-0.05, 0) is 31.6 Å². The molecule has 19 heavy (non-hydrogen) atoms. The Kier molecular flexibility index (Phi) is 7.88. The van der Waals surface area contributed by atoms with Crippen molar-refractivity contribution in [3.8, 4) is 0 Å². The summed E-state index contributed by atoms with van der Waals surface area (Å²) < 4.78 is 2.01. The monoisotopic (exact) mass is 303 g/mol. The minimum absolute atomic E-state index is 0.290. The van der Waals surface area contributed by atoms with Crippen LogP contribution in [0, 0.1) is 5.92 Å². The minimum atomic E-state index is 0.290. The molecule has 0 fully saturated rings. The molecule has 0 aromatic carbocycles. The van der Waals surface area contributed by atoms with Crippen LogP contribution in [0.2, 0.25) is 5.02 Å². The molecule has 0 saturated heterocycles. The predicted molar refractivity (Wildman–Crippen MR) is 86.1 cm³/mol. The normalized spacial score (nSPS) is 13.2. The van der Waals surface area contributed by atoms with Crippen LogP contribution in [0.1, 0.15) is 45.9 Å². The zero-order chi connectivity index (χ0) is 14.3. The first-order valence-corrected chi connectivity index (χ1v) is 8.65. The summed E-state index contributed by atoms with van der Waals surface area (Å²) >= 11 is 8.29. The Bertz CT molecular complexity index is 366. The zero-order valence-corrected chi connectivity index (χ0v) is 14.0. The molecule has 0 aliphatic heterocycles. The molecule has 1 N–H and O–H groups in total. The first kappa shape index (κ1) is 16.9. The van der Waals surface area contributed by atoms with Crippen LogP contribution in [-0.4, -0.2) is 27.8 Å². The molecule has 0 saturated carbocycles. The maximum Gasteiger partial charge on any atom is 0.0834 e. The molecular weight excluding hydrogens is 278 g/mol. The Morgan fingerprint density at radius 2 is 2.11 bits per heavy atom. The standard InChI is InChI=1S/C14H26ClN3S/c1-5-7-16-13(10-19-9-11(3)4)14-12(15)8-17-18(14)6-2/h8,11,13,16H,5-7,9-10H2,1-4H3. The summed E-state index contributed by atoms with van der Waals surface area (Å²) in [6.45, 7) is 10.7. The van der Waals surface area contributed by atoms with Crippen molar-refractivity contribution in [1.29, 1.82) is 0 Å². The second kappa shape index (κ2) is 8.88. The van der Waals surface area contributed by atoms with Gasteiger partial charge in [0.25, 0.3) is 0 Å². The van der Waals surface area contributed by atoms with Crippen LogP contribution in [0.5, 0.6) is 0 Å².